The summed E-state index contributed by atoms with van der Waals surface area (Å²) in [7, 11) is 0. The van der Waals surface area contributed by atoms with Crippen LogP contribution in [0, 0.1) is 0 Å². The van der Waals surface area contributed by atoms with E-state index in [2.05, 4.69) is 15.0 Å². The quantitative estimate of drug-likeness (QED) is 0.492. The Hall–Kier alpha value is -1.66. The molecule has 94 valence electrons. The summed E-state index contributed by atoms with van der Waals surface area (Å²) in [5.41, 5.74) is 8.94. The number of fused-ring (bicyclic) bond motifs is 1. The molecule has 0 radical (unpaired) electrons. The van der Waals surface area contributed by atoms with Gasteiger partial charge in [0.2, 0.25) is 0 Å². The fourth-order valence-electron chi connectivity index (χ4n) is 1.57. The average Bonchev–Trinajstić information content (AvgIpc) is 2.81. The Labute approximate surface area is 107 Å². The number of rotatable bonds is 5. The smallest absolute Gasteiger partial charge is 0.131 e. The first-order valence-corrected chi connectivity index (χ1v) is 6.26. The maximum absolute atomic E-state index is 9.95. The zero-order chi connectivity index (χ0) is 13.0. The number of aliphatic hydroxyl groups excluding tert-OH is 2. The number of benzene rings is 1. The van der Waals surface area contributed by atoms with Crippen molar-refractivity contribution in [2.75, 3.05) is 6.54 Å². The molecule has 0 aliphatic rings. The van der Waals surface area contributed by atoms with Crippen LogP contribution in [0.2, 0.25) is 0 Å². The van der Waals surface area contributed by atoms with Gasteiger partial charge in [-0.15, -0.1) is 11.3 Å². The van der Waals surface area contributed by atoms with Gasteiger partial charge in [0, 0.05) is 11.5 Å². The van der Waals surface area contributed by atoms with Gasteiger partial charge in [0.15, 0.2) is 0 Å². The monoisotopic (exact) mass is 264 g/mol. The highest BCUT2D eigenvalue weighted by Gasteiger charge is 2.21. The van der Waals surface area contributed by atoms with Gasteiger partial charge in [-0.25, -0.2) is 4.98 Å². The van der Waals surface area contributed by atoms with E-state index in [-0.39, 0.29) is 13.0 Å². The van der Waals surface area contributed by atoms with E-state index in [9.17, 15) is 10.2 Å². The van der Waals surface area contributed by atoms with E-state index in [0.717, 1.165) is 10.2 Å². The lowest BCUT2D eigenvalue weighted by Crippen LogP contribution is -2.18. The molecular formula is C11H12N4O2S. The van der Waals surface area contributed by atoms with E-state index in [1.54, 1.807) is 0 Å². The summed E-state index contributed by atoms with van der Waals surface area (Å²) >= 11 is 1.35. The maximum Gasteiger partial charge on any atom is 0.131 e. The molecule has 1 aromatic heterocycles. The van der Waals surface area contributed by atoms with Crippen molar-refractivity contribution in [1.82, 2.24) is 4.98 Å². The molecule has 0 bridgehead atoms. The molecule has 0 aliphatic carbocycles. The SMILES string of the molecule is [N-]=[N+]=NCCC(O)C(O)c1nc2ccccc2s1. The van der Waals surface area contributed by atoms with Crippen LogP contribution >= 0.6 is 11.3 Å². The minimum Gasteiger partial charge on any atom is -0.390 e. The summed E-state index contributed by atoms with van der Waals surface area (Å²) in [5.74, 6) is 0. The van der Waals surface area contributed by atoms with Crippen molar-refractivity contribution in [2.45, 2.75) is 18.6 Å². The molecular weight excluding hydrogens is 252 g/mol. The fraction of sp³-hybridized carbons (Fsp3) is 0.364. The first kappa shape index (κ1) is 12.8. The minimum atomic E-state index is -1.05. The highest BCUT2D eigenvalue weighted by atomic mass is 32.1. The first-order valence-electron chi connectivity index (χ1n) is 5.45. The van der Waals surface area contributed by atoms with Crippen LogP contribution in [0.1, 0.15) is 17.5 Å². The van der Waals surface area contributed by atoms with Crippen molar-refractivity contribution in [1.29, 1.82) is 0 Å². The van der Waals surface area contributed by atoms with E-state index in [0.29, 0.717) is 5.01 Å². The molecule has 1 aromatic carbocycles. The molecule has 1 heterocycles. The van der Waals surface area contributed by atoms with E-state index < -0.39 is 12.2 Å². The van der Waals surface area contributed by atoms with Gasteiger partial charge < -0.3 is 10.2 Å². The Morgan fingerprint density at radius 3 is 2.89 bits per heavy atom. The summed E-state index contributed by atoms with van der Waals surface area (Å²) in [6, 6.07) is 7.54. The molecule has 0 fully saturated rings. The van der Waals surface area contributed by atoms with Crippen LogP contribution in [0.25, 0.3) is 20.7 Å². The number of azide groups is 1. The van der Waals surface area contributed by atoms with Crippen LogP contribution in [0.5, 0.6) is 0 Å². The highest BCUT2D eigenvalue weighted by molar-refractivity contribution is 7.18. The molecule has 0 spiro atoms. The lowest BCUT2D eigenvalue weighted by Gasteiger charge is -2.13. The molecule has 6 nitrogen and oxygen atoms in total. The third-order valence-corrected chi connectivity index (χ3v) is 3.62. The maximum atomic E-state index is 9.95. The summed E-state index contributed by atoms with van der Waals surface area (Å²) in [4.78, 5) is 6.86. The van der Waals surface area contributed by atoms with Crippen LogP contribution in [0.15, 0.2) is 29.4 Å². The Balaban J connectivity index is 2.12. The van der Waals surface area contributed by atoms with Crippen molar-refractivity contribution < 1.29 is 10.2 Å². The Morgan fingerprint density at radius 2 is 2.17 bits per heavy atom. The number of aromatic nitrogens is 1. The van der Waals surface area contributed by atoms with Gasteiger partial charge in [-0.05, 0) is 24.1 Å². The van der Waals surface area contributed by atoms with Gasteiger partial charge in [0.25, 0.3) is 0 Å². The van der Waals surface area contributed by atoms with Crippen LogP contribution in [-0.4, -0.2) is 27.8 Å². The molecule has 0 amide bonds. The van der Waals surface area contributed by atoms with Gasteiger partial charge in [0.1, 0.15) is 11.1 Å². The summed E-state index contributed by atoms with van der Waals surface area (Å²) < 4.78 is 0.966. The van der Waals surface area contributed by atoms with Gasteiger partial charge >= 0.3 is 0 Å². The fourth-order valence-corrected chi connectivity index (χ4v) is 2.59. The van der Waals surface area contributed by atoms with Gasteiger partial charge in [-0.3, -0.25) is 0 Å². The number of hydrogen-bond donors (Lipinski definition) is 2. The van der Waals surface area contributed by atoms with Crippen molar-refractivity contribution in [3.63, 3.8) is 0 Å². The molecule has 0 saturated heterocycles. The topological polar surface area (TPSA) is 102 Å². The Morgan fingerprint density at radius 1 is 1.39 bits per heavy atom. The predicted molar refractivity (Wildman–Crippen MR) is 69.2 cm³/mol. The molecule has 0 saturated carbocycles. The van der Waals surface area contributed by atoms with E-state index in [1.165, 1.54) is 11.3 Å². The number of para-hydroxylation sites is 1. The highest BCUT2D eigenvalue weighted by Crippen LogP contribution is 2.28. The molecule has 2 unspecified atom stereocenters. The lowest BCUT2D eigenvalue weighted by atomic mass is 10.1. The van der Waals surface area contributed by atoms with Crippen LogP contribution in [0.3, 0.4) is 0 Å². The third kappa shape index (κ3) is 2.77. The molecule has 2 rings (SSSR count). The zero-order valence-electron chi connectivity index (χ0n) is 9.47. The van der Waals surface area contributed by atoms with Gasteiger partial charge in [0.05, 0.1) is 16.3 Å². The molecule has 2 N–H and O–H groups in total. The number of thiazole rings is 1. The molecule has 2 atom stereocenters. The lowest BCUT2D eigenvalue weighted by molar-refractivity contribution is 0.0150. The predicted octanol–water partition coefficient (Wildman–Crippen LogP) is 2.39. The van der Waals surface area contributed by atoms with E-state index >= 15 is 0 Å². The number of hydrogen-bond acceptors (Lipinski definition) is 5. The molecule has 2 aromatic rings. The second kappa shape index (κ2) is 5.79. The molecule has 0 aliphatic heterocycles. The van der Waals surface area contributed by atoms with Gasteiger partial charge in [-0.1, -0.05) is 17.2 Å². The number of nitrogens with zero attached hydrogens (tertiary/aromatic N) is 4. The molecule has 7 heteroatoms. The van der Waals surface area contributed by atoms with Crippen LogP contribution in [-0.2, 0) is 0 Å². The standard InChI is InChI=1S/C11H12N4O2S/c12-15-13-6-5-8(16)10(17)11-14-7-3-1-2-4-9(7)18-11/h1-4,8,10,16-17H,5-6H2. The second-order valence-corrected chi connectivity index (χ2v) is 4.84. The first-order chi connectivity index (χ1) is 8.72. The summed E-state index contributed by atoms with van der Waals surface area (Å²) in [5, 5.41) is 23.5. The number of aliphatic hydroxyl groups is 2. The van der Waals surface area contributed by atoms with Crippen molar-refractivity contribution in [3.8, 4) is 0 Å². The van der Waals surface area contributed by atoms with E-state index in [1.807, 2.05) is 24.3 Å². The largest absolute Gasteiger partial charge is 0.390 e. The third-order valence-electron chi connectivity index (χ3n) is 2.52. The second-order valence-electron chi connectivity index (χ2n) is 3.78. The minimum absolute atomic E-state index is 0.152. The van der Waals surface area contributed by atoms with E-state index in [4.69, 9.17) is 5.53 Å². The van der Waals surface area contributed by atoms with Crippen LogP contribution in [0.4, 0.5) is 0 Å². The molecule has 18 heavy (non-hydrogen) atoms. The normalized spacial score (nSPS) is 14.1. The van der Waals surface area contributed by atoms with Crippen molar-refractivity contribution >= 4 is 21.6 Å². The van der Waals surface area contributed by atoms with Crippen molar-refractivity contribution in [2.24, 2.45) is 5.11 Å². The summed E-state index contributed by atoms with van der Waals surface area (Å²) in [6.45, 7) is 0.152. The average molecular weight is 264 g/mol. The van der Waals surface area contributed by atoms with Crippen molar-refractivity contribution in [3.05, 3.63) is 39.7 Å². The summed E-state index contributed by atoms with van der Waals surface area (Å²) in [6.07, 6.45) is -1.81. The Bertz CT molecular complexity index is 546. The van der Waals surface area contributed by atoms with Gasteiger partial charge in [-0.2, -0.15) is 0 Å². The van der Waals surface area contributed by atoms with Crippen LogP contribution < -0.4 is 0 Å². The zero-order valence-corrected chi connectivity index (χ0v) is 10.3. The Kier molecular flexibility index (Phi) is 4.11.